The Kier molecular flexibility index (Phi) is 4.34. The quantitative estimate of drug-likeness (QED) is 0.738. The van der Waals surface area contributed by atoms with E-state index >= 15 is 0 Å². The van der Waals surface area contributed by atoms with Crippen molar-refractivity contribution in [2.24, 2.45) is 0 Å². The summed E-state index contributed by atoms with van der Waals surface area (Å²) in [7, 11) is 3.53. The topological polar surface area (TPSA) is 51.0 Å². The van der Waals surface area contributed by atoms with Crippen molar-refractivity contribution >= 4 is 16.8 Å². The second-order valence-electron chi connectivity index (χ2n) is 6.22. The number of para-hydroxylation sites is 1. The van der Waals surface area contributed by atoms with Crippen LogP contribution >= 0.6 is 0 Å². The zero-order chi connectivity index (χ0) is 17.3. The molecule has 0 fully saturated rings. The van der Waals surface area contributed by atoms with Crippen LogP contribution in [0.5, 0.6) is 0 Å². The van der Waals surface area contributed by atoms with Gasteiger partial charge in [0, 0.05) is 37.8 Å². The molecular formula is C19H22N4O. The second kappa shape index (κ2) is 6.43. The predicted octanol–water partition coefficient (Wildman–Crippen LogP) is 3.52. The number of amides is 1. The van der Waals surface area contributed by atoms with E-state index in [4.69, 9.17) is 4.98 Å². The Bertz CT molecular complexity index is 896. The number of aryl methyl sites for hydroxylation is 2. The van der Waals surface area contributed by atoms with Gasteiger partial charge in [-0.1, -0.05) is 25.1 Å². The van der Waals surface area contributed by atoms with Crippen molar-refractivity contribution < 1.29 is 4.79 Å². The van der Waals surface area contributed by atoms with Crippen molar-refractivity contribution in [3.05, 3.63) is 47.8 Å². The Labute approximate surface area is 141 Å². The molecule has 0 saturated heterocycles. The molecule has 0 unspecified atom stereocenters. The Morgan fingerprint density at radius 1 is 1.29 bits per heavy atom. The largest absolute Gasteiger partial charge is 0.345 e. The Morgan fingerprint density at radius 3 is 2.79 bits per heavy atom. The van der Waals surface area contributed by atoms with E-state index in [-0.39, 0.29) is 5.91 Å². The molecular weight excluding hydrogens is 300 g/mol. The first-order chi connectivity index (χ1) is 11.5. The molecule has 0 aliphatic rings. The summed E-state index contributed by atoms with van der Waals surface area (Å²) in [5, 5.41) is 5.26. The van der Waals surface area contributed by atoms with Gasteiger partial charge in [-0.2, -0.15) is 5.10 Å². The van der Waals surface area contributed by atoms with Crippen LogP contribution in [0.15, 0.2) is 36.7 Å². The first-order valence-electron chi connectivity index (χ1n) is 8.16. The van der Waals surface area contributed by atoms with Gasteiger partial charge in [-0.15, -0.1) is 0 Å². The lowest BCUT2D eigenvalue weighted by atomic mass is 10.0. The van der Waals surface area contributed by atoms with Crippen LogP contribution in [0.3, 0.4) is 0 Å². The van der Waals surface area contributed by atoms with E-state index in [0.29, 0.717) is 5.56 Å². The third-order valence-corrected chi connectivity index (χ3v) is 4.06. The van der Waals surface area contributed by atoms with Crippen molar-refractivity contribution in [3.63, 3.8) is 0 Å². The van der Waals surface area contributed by atoms with E-state index in [2.05, 4.69) is 12.0 Å². The molecule has 1 aromatic carbocycles. The lowest BCUT2D eigenvalue weighted by Gasteiger charge is -2.14. The first kappa shape index (κ1) is 16.2. The maximum absolute atomic E-state index is 12.6. The van der Waals surface area contributed by atoms with Crippen molar-refractivity contribution in [2.45, 2.75) is 26.8 Å². The predicted molar refractivity (Wildman–Crippen MR) is 96.0 cm³/mol. The maximum atomic E-state index is 12.6. The number of hydrogen-bond acceptors (Lipinski definition) is 3. The van der Waals surface area contributed by atoms with Crippen LogP contribution in [0.2, 0.25) is 0 Å². The summed E-state index contributed by atoms with van der Waals surface area (Å²) in [6.45, 7) is 5.01. The van der Waals surface area contributed by atoms with Crippen molar-refractivity contribution in [1.29, 1.82) is 0 Å². The molecule has 0 aliphatic carbocycles. The normalized spacial score (nSPS) is 11.0. The molecule has 2 heterocycles. The molecule has 2 aromatic heterocycles. The number of aromatic nitrogens is 3. The van der Waals surface area contributed by atoms with Gasteiger partial charge in [-0.05, 0) is 25.0 Å². The lowest BCUT2D eigenvalue weighted by molar-refractivity contribution is 0.0829. The highest BCUT2D eigenvalue weighted by molar-refractivity contribution is 6.07. The third-order valence-electron chi connectivity index (χ3n) is 4.06. The summed E-state index contributed by atoms with van der Waals surface area (Å²) in [5.41, 5.74) is 4.31. The zero-order valence-electron chi connectivity index (χ0n) is 14.6. The number of fused-ring (bicyclic) bond motifs is 1. The standard InChI is InChI=1S/C19H22N4O/c1-5-9-23-12-14(11-20-23)17-10-16(19(24)22(3)4)15-8-6-7-13(2)18(15)21-17/h6-8,10-12H,5,9H2,1-4H3. The van der Waals surface area contributed by atoms with Crippen LogP contribution in [-0.2, 0) is 6.54 Å². The molecule has 0 radical (unpaired) electrons. The first-order valence-corrected chi connectivity index (χ1v) is 8.16. The van der Waals surface area contributed by atoms with E-state index < -0.39 is 0 Å². The molecule has 0 bridgehead atoms. The number of benzene rings is 1. The monoisotopic (exact) mass is 322 g/mol. The van der Waals surface area contributed by atoms with E-state index in [1.165, 1.54) is 0 Å². The Balaban J connectivity index is 2.21. The van der Waals surface area contributed by atoms with Crippen LogP contribution < -0.4 is 0 Å². The molecule has 0 aliphatic heterocycles. The van der Waals surface area contributed by atoms with Crippen LogP contribution in [0, 0.1) is 6.92 Å². The van der Waals surface area contributed by atoms with Gasteiger partial charge >= 0.3 is 0 Å². The highest BCUT2D eigenvalue weighted by atomic mass is 16.2. The van der Waals surface area contributed by atoms with Crippen LogP contribution in [0.4, 0.5) is 0 Å². The van der Waals surface area contributed by atoms with Crippen molar-refractivity contribution in [3.8, 4) is 11.3 Å². The smallest absolute Gasteiger partial charge is 0.254 e. The average molecular weight is 322 g/mol. The van der Waals surface area contributed by atoms with Crippen LogP contribution in [-0.4, -0.2) is 39.7 Å². The number of carbonyl (C=O) groups is 1. The Hall–Kier alpha value is -2.69. The number of pyridine rings is 1. The van der Waals surface area contributed by atoms with Gasteiger partial charge in [0.2, 0.25) is 0 Å². The van der Waals surface area contributed by atoms with Crippen LogP contribution in [0.1, 0.15) is 29.3 Å². The van der Waals surface area contributed by atoms with Crippen molar-refractivity contribution in [1.82, 2.24) is 19.7 Å². The summed E-state index contributed by atoms with van der Waals surface area (Å²) in [6.07, 6.45) is 4.82. The molecule has 5 heteroatoms. The third kappa shape index (κ3) is 2.89. The van der Waals surface area contributed by atoms with Gasteiger partial charge in [-0.3, -0.25) is 9.48 Å². The number of nitrogens with zero attached hydrogens (tertiary/aromatic N) is 4. The fourth-order valence-electron chi connectivity index (χ4n) is 2.80. The summed E-state index contributed by atoms with van der Waals surface area (Å²) in [5.74, 6) is -0.0183. The van der Waals surface area contributed by atoms with Gasteiger partial charge in [0.25, 0.3) is 5.91 Å². The minimum atomic E-state index is -0.0183. The van der Waals surface area contributed by atoms with Gasteiger partial charge in [0.05, 0.1) is 23.0 Å². The highest BCUT2D eigenvalue weighted by Gasteiger charge is 2.17. The van der Waals surface area contributed by atoms with E-state index in [0.717, 1.165) is 40.7 Å². The van der Waals surface area contributed by atoms with Crippen molar-refractivity contribution in [2.75, 3.05) is 14.1 Å². The molecule has 0 atom stereocenters. The molecule has 0 N–H and O–H groups in total. The van der Waals surface area contributed by atoms with Gasteiger partial charge in [-0.25, -0.2) is 4.98 Å². The molecule has 124 valence electrons. The molecule has 1 amide bonds. The second-order valence-corrected chi connectivity index (χ2v) is 6.22. The molecule has 5 nitrogen and oxygen atoms in total. The fraction of sp³-hybridized carbons (Fsp3) is 0.316. The fourth-order valence-corrected chi connectivity index (χ4v) is 2.80. The molecule has 3 rings (SSSR count). The number of rotatable bonds is 4. The summed E-state index contributed by atoms with van der Waals surface area (Å²) >= 11 is 0. The lowest BCUT2D eigenvalue weighted by Crippen LogP contribution is -2.22. The minimum Gasteiger partial charge on any atom is -0.345 e. The van der Waals surface area contributed by atoms with Gasteiger partial charge < -0.3 is 4.90 Å². The van der Waals surface area contributed by atoms with Gasteiger partial charge in [0.15, 0.2) is 0 Å². The summed E-state index contributed by atoms with van der Waals surface area (Å²) in [4.78, 5) is 19.0. The van der Waals surface area contributed by atoms with E-state index in [1.54, 1.807) is 19.0 Å². The Morgan fingerprint density at radius 2 is 2.08 bits per heavy atom. The van der Waals surface area contributed by atoms with E-state index in [9.17, 15) is 4.79 Å². The highest BCUT2D eigenvalue weighted by Crippen LogP contribution is 2.27. The number of hydrogen-bond donors (Lipinski definition) is 0. The SMILES string of the molecule is CCCn1cc(-c2cc(C(=O)N(C)C)c3cccc(C)c3n2)cn1. The van der Waals surface area contributed by atoms with Crippen LogP contribution in [0.25, 0.3) is 22.2 Å². The minimum absolute atomic E-state index is 0.0183. The molecule has 3 aromatic rings. The molecule has 0 saturated carbocycles. The number of carbonyl (C=O) groups excluding carboxylic acids is 1. The molecule has 0 spiro atoms. The average Bonchev–Trinajstić information content (AvgIpc) is 3.03. The van der Waals surface area contributed by atoms with Gasteiger partial charge in [0.1, 0.15) is 0 Å². The molecule has 24 heavy (non-hydrogen) atoms. The summed E-state index contributed by atoms with van der Waals surface area (Å²) in [6, 6.07) is 7.81. The van der Waals surface area contributed by atoms with E-state index in [1.807, 2.05) is 48.3 Å². The zero-order valence-corrected chi connectivity index (χ0v) is 14.6. The summed E-state index contributed by atoms with van der Waals surface area (Å²) < 4.78 is 1.91. The maximum Gasteiger partial charge on any atom is 0.254 e.